The first-order valence-corrected chi connectivity index (χ1v) is 7.99. The van der Waals surface area contributed by atoms with E-state index in [1.54, 1.807) is 31.4 Å². The Morgan fingerprint density at radius 3 is 2.29 bits per heavy atom. The number of nitrogens with one attached hydrogen (secondary N) is 1. The van der Waals surface area contributed by atoms with E-state index in [-0.39, 0.29) is 5.91 Å². The van der Waals surface area contributed by atoms with Crippen LogP contribution in [0.4, 0.5) is 0 Å². The fourth-order valence-corrected chi connectivity index (χ4v) is 2.11. The van der Waals surface area contributed by atoms with Gasteiger partial charge in [-0.15, -0.1) is 0 Å². The quantitative estimate of drug-likeness (QED) is 0.719. The van der Waals surface area contributed by atoms with E-state index in [2.05, 4.69) is 5.32 Å². The predicted molar refractivity (Wildman–Crippen MR) is 92.6 cm³/mol. The minimum atomic E-state index is -0.532. The van der Waals surface area contributed by atoms with Crippen LogP contribution in [0.2, 0.25) is 0 Å². The standard InChI is InChI=1S/C19H23NO4/c1-3-18(24-17-11-9-15(22-2)10-12-17)19(21)20-13-14-23-16-7-5-4-6-8-16/h4-12,18H,3,13-14H2,1-2H3,(H,20,21)/t18-/m1/s1. The van der Waals surface area contributed by atoms with E-state index < -0.39 is 6.10 Å². The second-order valence-corrected chi connectivity index (χ2v) is 5.14. The Kier molecular flexibility index (Phi) is 6.95. The second kappa shape index (κ2) is 9.45. The van der Waals surface area contributed by atoms with Crippen LogP contribution in [0.25, 0.3) is 0 Å². The molecule has 2 aromatic rings. The average Bonchev–Trinajstić information content (AvgIpc) is 2.64. The molecule has 0 aliphatic carbocycles. The Labute approximate surface area is 142 Å². The smallest absolute Gasteiger partial charge is 0.261 e. The van der Waals surface area contributed by atoms with Crippen LogP contribution in [0.3, 0.4) is 0 Å². The van der Waals surface area contributed by atoms with Crippen molar-refractivity contribution in [1.82, 2.24) is 5.32 Å². The zero-order valence-corrected chi connectivity index (χ0v) is 14.0. The first-order valence-electron chi connectivity index (χ1n) is 7.99. The van der Waals surface area contributed by atoms with E-state index in [1.807, 2.05) is 37.3 Å². The summed E-state index contributed by atoms with van der Waals surface area (Å²) in [5.74, 6) is 2.02. The summed E-state index contributed by atoms with van der Waals surface area (Å²) in [4.78, 5) is 12.2. The summed E-state index contributed by atoms with van der Waals surface area (Å²) in [7, 11) is 1.61. The van der Waals surface area contributed by atoms with Crippen molar-refractivity contribution >= 4 is 5.91 Å². The molecule has 0 saturated carbocycles. The lowest BCUT2D eigenvalue weighted by atomic mass is 10.2. The number of rotatable bonds is 9. The molecule has 5 heteroatoms. The summed E-state index contributed by atoms with van der Waals surface area (Å²) in [5.41, 5.74) is 0. The normalized spacial score (nSPS) is 11.4. The Morgan fingerprint density at radius 2 is 1.67 bits per heavy atom. The van der Waals surface area contributed by atoms with Gasteiger partial charge < -0.3 is 19.5 Å². The Morgan fingerprint density at radius 1 is 1.00 bits per heavy atom. The summed E-state index contributed by atoms with van der Waals surface area (Å²) in [5, 5.41) is 2.83. The zero-order valence-electron chi connectivity index (χ0n) is 14.0. The van der Waals surface area contributed by atoms with Gasteiger partial charge in [-0.2, -0.15) is 0 Å². The van der Waals surface area contributed by atoms with Crippen molar-refractivity contribution in [2.75, 3.05) is 20.3 Å². The molecule has 2 rings (SSSR count). The molecule has 2 aromatic carbocycles. The monoisotopic (exact) mass is 329 g/mol. The van der Waals surface area contributed by atoms with E-state index >= 15 is 0 Å². The number of ether oxygens (including phenoxy) is 3. The third-order valence-electron chi connectivity index (χ3n) is 3.41. The molecule has 24 heavy (non-hydrogen) atoms. The molecule has 0 saturated heterocycles. The fraction of sp³-hybridized carbons (Fsp3) is 0.316. The van der Waals surface area contributed by atoms with Crippen LogP contribution in [0, 0.1) is 0 Å². The highest BCUT2D eigenvalue weighted by atomic mass is 16.5. The molecule has 5 nitrogen and oxygen atoms in total. The molecular formula is C19H23NO4. The lowest BCUT2D eigenvalue weighted by Gasteiger charge is -2.17. The van der Waals surface area contributed by atoms with Gasteiger partial charge in [-0.25, -0.2) is 0 Å². The number of carbonyl (C=O) groups excluding carboxylic acids is 1. The highest BCUT2D eigenvalue weighted by Gasteiger charge is 2.17. The summed E-state index contributed by atoms with van der Waals surface area (Å²) in [6, 6.07) is 16.7. The van der Waals surface area contributed by atoms with Crippen LogP contribution < -0.4 is 19.5 Å². The molecule has 0 fully saturated rings. The van der Waals surface area contributed by atoms with E-state index in [9.17, 15) is 4.79 Å². The van der Waals surface area contributed by atoms with Gasteiger partial charge in [-0.1, -0.05) is 25.1 Å². The van der Waals surface area contributed by atoms with Crippen LogP contribution in [0.5, 0.6) is 17.2 Å². The predicted octanol–water partition coefficient (Wildman–Crippen LogP) is 3.05. The largest absolute Gasteiger partial charge is 0.497 e. The van der Waals surface area contributed by atoms with Crippen molar-refractivity contribution in [3.05, 3.63) is 54.6 Å². The van der Waals surface area contributed by atoms with Crippen molar-refractivity contribution in [2.45, 2.75) is 19.4 Å². The minimum absolute atomic E-state index is 0.148. The highest BCUT2D eigenvalue weighted by Crippen LogP contribution is 2.19. The number of benzene rings is 2. The number of carbonyl (C=O) groups is 1. The molecular weight excluding hydrogens is 306 g/mol. The summed E-state index contributed by atoms with van der Waals surface area (Å²) in [6.45, 7) is 2.75. The molecule has 0 bridgehead atoms. The van der Waals surface area contributed by atoms with Gasteiger partial charge in [0.25, 0.3) is 5.91 Å². The Bertz CT molecular complexity index is 613. The van der Waals surface area contributed by atoms with E-state index in [0.717, 1.165) is 11.5 Å². The summed E-state index contributed by atoms with van der Waals surface area (Å²) < 4.78 is 16.4. The van der Waals surface area contributed by atoms with Crippen LogP contribution in [-0.2, 0) is 4.79 Å². The van der Waals surface area contributed by atoms with E-state index in [4.69, 9.17) is 14.2 Å². The van der Waals surface area contributed by atoms with Gasteiger partial charge in [0.2, 0.25) is 0 Å². The van der Waals surface area contributed by atoms with Crippen LogP contribution in [-0.4, -0.2) is 32.3 Å². The molecule has 0 radical (unpaired) electrons. The molecule has 0 aliphatic rings. The molecule has 0 aliphatic heterocycles. The maximum absolute atomic E-state index is 12.2. The van der Waals surface area contributed by atoms with Gasteiger partial charge in [0, 0.05) is 0 Å². The lowest BCUT2D eigenvalue weighted by Crippen LogP contribution is -2.39. The van der Waals surface area contributed by atoms with Gasteiger partial charge in [0.15, 0.2) is 6.10 Å². The molecule has 0 aromatic heterocycles. The van der Waals surface area contributed by atoms with Gasteiger partial charge in [0.05, 0.1) is 13.7 Å². The number of para-hydroxylation sites is 1. The molecule has 0 unspecified atom stereocenters. The number of amides is 1. The first kappa shape index (κ1) is 17.7. The van der Waals surface area contributed by atoms with Crippen LogP contribution in [0.15, 0.2) is 54.6 Å². The summed E-state index contributed by atoms with van der Waals surface area (Å²) >= 11 is 0. The molecule has 1 atom stereocenters. The van der Waals surface area contributed by atoms with Crippen LogP contribution >= 0.6 is 0 Å². The summed E-state index contributed by atoms with van der Waals surface area (Å²) in [6.07, 6.45) is 0.0485. The van der Waals surface area contributed by atoms with Crippen LogP contribution in [0.1, 0.15) is 13.3 Å². The molecule has 0 heterocycles. The van der Waals surface area contributed by atoms with Gasteiger partial charge >= 0.3 is 0 Å². The number of hydrogen-bond donors (Lipinski definition) is 1. The lowest BCUT2D eigenvalue weighted by molar-refractivity contribution is -0.128. The van der Waals surface area contributed by atoms with E-state index in [1.165, 1.54) is 0 Å². The topological polar surface area (TPSA) is 56.8 Å². The third kappa shape index (κ3) is 5.50. The van der Waals surface area contributed by atoms with Gasteiger partial charge in [0.1, 0.15) is 23.9 Å². The number of hydrogen-bond acceptors (Lipinski definition) is 4. The van der Waals surface area contributed by atoms with Crippen molar-refractivity contribution < 1.29 is 19.0 Å². The molecule has 1 N–H and O–H groups in total. The van der Waals surface area contributed by atoms with Crippen molar-refractivity contribution in [1.29, 1.82) is 0 Å². The van der Waals surface area contributed by atoms with E-state index in [0.29, 0.717) is 25.3 Å². The molecule has 128 valence electrons. The van der Waals surface area contributed by atoms with Gasteiger partial charge in [-0.05, 0) is 42.8 Å². The van der Waals surface area contributed by atoms with Crippen molar-refractivity contribution in [2.24, 2.45) is 0 Å². The minimum Gasteiger partial charge on any atom is -0.497 e. The first-order chi connectivity index (χ1) is 11.7. The Hall–Kier alpha value is -2.69. The highest BCUT2D eigenvalue weighted by molar-refractivity contribution is 5.81. The maximum Gasteiger partial charge on any atom is 0.261 e. The zero-order chi connectivity index (χ0) is 17.2. The maximum atomic E-state index is 12.2. The molecule has 0 spiro atoms. The molecule has 1 amide bonds. The average molecular weight is 329 g/mol. The van der Waals surface area contributed by atoms with Gasteiger partial charge in [-0.3, -0.25) is 4.79 Å². The SMILES string of the molecule is CC[C@@H](Oc1ccc(OC)cc1)C(=O)NCCOc1ccccc1. The number of methoxy groups -OCH3 is 1. The fourth-order valence-electron chi connectivity index (χ4n) is 2.11. The van der Waals surface area contributed by atoms with Crippen molar-refractivity contribution in [3.8, 4) is 17.2 Å². The second-order valence-electron chi connectivity index (χ2n) is 5.14. The van der Waals surface area contributed by atoms with Crippen molar-refractivity contribution in [3.63, 3.8) is 0 Å². The third-order valence-corrected chi connectivity index (χ3v) is 3.41. The Balaban J connectivity index is 1.76.